The third kappa shape index (κ3) is 3.96. The Balaban J connectivity index is 1.82. The SMILES string of the molecule is Cc1cc2c(cc1C)N[C@H](c1ccc(OC(C)C)cc1)C1=C(CC(C)(C)CC1=O)N2. The Labute approximate surface area is 179 Å². The van der Waals surface area contributed by atoms with Crippen molar-refractivity contribution >= 4 is 17.2 Å². The molecule has 2 aromatic rings. The Hall–Kier alpha value is -2.75. The molecule has 2 aromatic carbocycles. The van der Waals surface area contributed by atoms with Gasteiger partial charge in [0.25, 0.3) is 0 Å². The Kier molecular flexibility index (Phi) is 5.13. The van der Waals surface area contributed by atoms with Crippen molar-refractivity contribution in [1.82, 2.24) is 0 Å². The van der Waals surface area contributed by atoms with Gasteiger partial charge in [0.1, 0.15) is 5.75 Å². The highest BCUT2D eigenvalue weighted by Gasteiger charge is 2.38. The number of carbonyl (C=O) groups is 1. The first kappa shape index (κ1) is 20.5. The van der Waals surface area contributed by atoms with Crippen molar-refractivity contribution in [3.8, 4) is 5.75 Å². The van der Waals surface area contributed by atoms with E-state index in [9.17, 15) is 4.79 Å². The van der Waals surface area contributed by atoms with Gasteiger partial charge in [-0.05, 0) is 80.5 Å². The Morgan fingerprint density at radius 1 is 1.00 bits per heavy atom. The lowest BCUT2D eigenvalue weighted by Gasteiger charge is -2.34. The highest BCUT2D eigenvalue weighted by atomic mass is 16.5. The number of anilines is 2. The van der Waals surface area contributed by atoms with E-state index < -0.39 is 0 Å². The van der Waals surface area contributed by atoms with Crippen LogP contribution in [0.5, 0.6) is 5.75 Å². The maximum atomic E-state index is 13.3. The minimum atomic E-state index is -0.187. The summed E-state index contributed by atoms with van der Waals surface area (Å²) in [6, 6.07) is 12.3. The molecular weight excluding hydrogens is 372 g/mol. The molecular formula is C26H32N2O2. The summed E-state index contributed by atoms with van der Waals surface area (Å²) in [6.07, 6.45) is 1.55. The summed E-state index contributed by atoms with van der Waals surface area (Å²) in [5.74, 6) is 1.06. The van der Waals surface area contributed by atoms with Gasteiger partial charge in [-0.3, -0.25) is 4.79 Å². The van der Waals surface area contributed by atoms with Gasteiger partial charge < -0.3 is 15.4 Å². The van der Waals surface area contributed by atoms with E-state index >= 15 is 0 Å². The van der Waals surface area contributed by atoms with E-state index in [-0.39, 0.29) is 23.3 Å². The van der Waals surface area contributed by atoms with E-state index in [2.05, 4.69) is 62.6 Å². The first-order valence-corrected chi connectivity index (χ1v) is 10.8. The van der Waals surface area contributed by atoms with Gasteiger partial charge in [0.15, 0.2) is 5.78 Å². The van der Waals surface area contributed by atoms with Crippen molar-refractivity contribution in [2.45, 2.75) is 66.5 Å². The number of carbonyl (C=O) groups excluding carboxylic acids is 1. The van der Waals surface area contributed by atoms with Crippen LogP contribution in [0.1, 0.15) is 63.3 Å². The number of nitrogens with one attached hydrogen (secondary N) is 2. The quantitative estimate of drug-likeness (QED) is 0.629. The lowest BCUT2D eigenvalue weighted by molar-refractivity contribution is -0.118. The summed E-state index contributed by atoms with van der Waals surface area (Å²) in [7, 11) is 0. The van der Waals surface area contributed by atoms with Crippen LogP contribution in [0.15, 0.2) is 47.7 Å². The molecule has 0 saturated carbocycles. The van der Waals surface area contributed by atoms with E-state index in [1.807, 2.05) is 26.0 Å². The van der Waals surface area contributed by atoms with Crippen LogP contribution in [-0.2, 0) is 4.79 Å². The first-order chi connectivity index (χ1) is 14.1. The Bertz CT molecular complexity index is 1020. The molecule has 4 nitrogen and oxygen atoms in total. The topological polar surface area (TPSA) is 50.4 Å². The van der Waals surface area contributed by atoms with Gasteiger partial charge in [-0.1, -0.05) is 26.0 Å². The summed E-state index contributed by atoms with van der Waals surface area (Å²) >= 11 is 0. The highest BCUT2D eigenvalue weighted by molar-refractivity contribution is 6.01. The van der Waals surface area contributed by atoms with Crippen molar-refractivity contribution in [3.05, 3.63) is 64.4 Å². The lowest BCUT2D eigenvalue weighted by Crippen LogP contribution is -2.31. The summed E-state index contributed by atoms with van der Waals surface area (Å²) < 4.78 is 5.81. The molecule has 0 spiro atoms. The number of ketones is 1. The number of ether oxygens (including phenoxy) is 1. The highest BCUT2D eigenvalue weighted by Crippen LogP contribution is 2.46. The predicted octanol–water partition coefficient (Wildman–Crippen LogP) is 6.31. The van der Waals surface area contributed by atoms with Crippen LogP contribution in [0.25, 0.3) is 0 Å². The van der Waals surface area contributed by atoms with Crippen LogP contribution in [0.4, 0.5) is 11.4 Å². The largest absolute Gasteiger partial charge is 0.491 e. The summed E-state index contributed by atoms with van der Waals surface area (Å²) in [5.41, 5.74) is 7.46. The molecule has 0 fully saturated rings. The normalized spacial score (nSPS) is 20.1. The van der Waals surface area contributed by atoms with Crippen LogP contribution < -0.4 is 15.4 Å². The van der Waals surface area contributed by atoms with Crippen molar-refractivity contribution in [1.29, 1.82) is 0 Å². The average Bonchev–Trinajstić information content (AvgIpc) is 2.78. The fourth-order valence-corrected chi connectivity index (χ4v) is 4.47. The monoisotopic (exact) mass is 404 g/mol. The molecule has 2 N–H and O–H groups in total. The minimum absolute atomic E-state index is 0.0489. The first-order valence-electron chi connectivity index (χ1n) is 10.8. The molecule has 1 heterocycles. The van der Waals surface area contributed by atoms with Gasteiger partial charge in [-0.25, -0.2) is 0 Å². The maximum Gasteiger partial charge on any atom is 0.163 e. The second kappa shape index (κ2) is 7.50. The molecule has 1 aliphatic heterocycles. The van der Waals surface area contributed by atoms with Gasteiger partial charge in [-0.2, -0.15) is 0 Å². The minimum Gasteiger partial charge on any atom is -0.491 e. The van der Waals surface area contributed by atoms with E-state index in [0.29, 0.717) is 6.42 Å². The number of aryl methyl sites for hydroxylation is 2. The molecule has 4 rings (SSSR count). The molecule has 1 atom stereocenters. The van der Waals surface area contributed by atoms with Gasteiger partial charge in [0.05, 0.1) is 23.5 Å². The maximum absolute atomic E-state index is 13.3. The number of benzene rings is 2. The second-order valence-corrected chi connectivity index (χ2v) is 9.75. The fourth-order valence-electron chi connectivity index (χ4n) is 4.47. The van der Waals surface area contributed by atoms with E-state index in [0.717, 1.165) is 40.4 Å². The third-order valence-electron chi connectivity index (χ3n) is 6.01. The van der Waals surface area contributed by atoms with Gasteiger partial charge in [-0.15, -0.1) is 0 Å². The van der Waals surface area contributed by atoms with Crippen molar-refractivity contribution in [2.75, 3.05) is 10.6 Å². The molecule has 4 heteroatoms. The average molecular weight is 405 g/mol. The molecule has 0 bridgehead atoms. The summed E-state index contributed by atoms with van der Waals surface area (Å²) in [4.78, 5) is 13.3. The van der Waals surface area contributed by atoms with E-state index in [1.54, 1.807) is 0 Å². The van der Waals surface area contributed by atoms with Crippen molar-refractivity contribution < 1.29 is 9.53 Å². The Morgan fingerprint density at radius 3 is 2.27 bits per heavy atom. The van der Waals surface area contributed by atoms with Gasteiger partial charge >= 0.3 is 0 Å². The van der Waals surface area contributed by atoms with E-state index in [4.69, 9.17) is 4.74 Å². The molecule has 0 amide bonds. The number of fused-ring (bicyclic) bond motifs is 1. The summed E-state index contributed by atoms with van der Waals surface area (Å²) in [5, 5.41) is 7.30. The zero-order chi connectivity index (χ0) is 21.6. The molecule has 158 valence electrons. The molecule has 2 aliphatic rings. The van der Waals surface area contributed by atoms with Gasteiger partial charge in [0.2, 0.25) is 0 Å². The molecule has 0 aromatic heterocycles. The van der Waals surface area contributed by atoms with Crippen molar-refractivity contribution in [3.63, 3.8) is 0 Å². The van der Waals surface area contributed by atoms with Crippen LogP contribution in [-0.4, -0.2) is 11.9 Å². The number of hydrogen-bond acceptors (Lipinski definition) is 4. The lowest BCUT2D eigenvalue weighted by atomic mass is 9.73. The van der Waals surface area contributed by atoms with E-state index in [1.165, 1.54) is 11.1 Å². The summed E-state index contributed by atoms with van der Waals surface area (Å²) in [6.45, 7) is 12.6. The predicted molar refractivity (Wildman–Crippen MR) is 123 cm³/mol. The van der Waals surface area contributed by atoms with Crippen LogP contribution in [0.3, 0.4) is 0 Å². The van der Waals surface area contributed by atoms with Crippen LogP contribution in [0, 0.1) is 19.3 Å². The zero-order valence-electron chi connectivity index (χ0n) is 18.8. The van der Waals surface area contributed by atoms with Gasteiger partial charge in [0, 0.05) is 17.7 Å². The number of rotatable bonds is 3. The second-order valence-electron chi connectivity index (χ2n) is 9.75. The van der Waals surface area contributed by atoms with Crippen LogP contribution in [0.2, 0.25) is 0 Å². The third-order valence-corrected chi connectivity index (χ3v) is 6.01. The Morgan fingerprint density at radius 2 is 1.63 bits per heavy atom. The van der Waals surface area contributed by atoms with Crippen LogP contribution >= 0.6 is 0 Å². The number of Topliss-reactive ketones (excluding diaryl/α,β-unsaturated/α-hetero) is 1. The standard InChI is InChI=1S/C26H32N2O2/c1-15(2)30-19-9-7-18(8-10-19)25-24-22(13-26(5,6)14-23(24)29)27-20-11-16(3)17(4)12-21(20)28-25/h7-12,15,25,27-28H,13-14H2,1-6H3/t25-/m1/s1. The fraction of sp³-hybridized carbons (Fsp3) is 0.423. The number of allylic oxidation sites excluding steroid dienone is 1. The smallest absolute Gasteiger partial charge is 0.163 e. The van der Waals surface area contributed by atoms with Crippen molar-refractivity contribution in [2.24, 2.45) is 5.41 Å². The zero-order valence-corrected chi connectivity index (χ0v) is 18.8. The molecule has 1 aliphatic carbocycles. The molecule has 0 radical (unpaired) electrons. The number of hydrogen-bond donors (Lipinski definition) is 2. The molecule has 0 saturated heterocycles. The molecule has 30 heavy (non-hydrogen) atoms. The molecule has 0 unspecified atom stereocenters.